The van der Waals surface area contributed by atoms with Crippen molar-refractivity contribution < 1.29 is 27.2 Å². The molecule has 40 heavy (non-hydrogen) atoms. The van der Waals surface area contributed by atoms with Crippen molar-refractivity contribution in [3.8, 4) is 0 Å². The van der Waals surface area contributed by atoms with Crippen molar-refractivity contribution in [2.45, 2.75) is 39.5 Å². The number of primary amides is 1. The van der Waals surface area contributed by atoms with Crippen molar-refractivity contribution in [3.63, 3.8) is 0 Å². The van der Waals surface area contributed by atoms with Crippen molar-refractivity contribution in [3.05, 3.63) is 59.7 Å². The van der Waals surface area contributed by atoms with Crippen LogP contribution in [-0.2, 0) is 17.5 Å². The molecule has 1 aromatic heterocycles. The Balaban J connectivity index is 1.69. The van der Waals surface area contributed by atoms with Gasteiger partial charge in [-0.05, 0) is 50.2 Å². The molecule has 9 nitrogen and oxygen atoms in total. The van der Waals surface area contributed by atoms with E-state index in [0.29, 0.717) is 42.4 Å². The highest BCUT2D eigenvalue weighted by Gasteiger charge is 2.34. The van der Waals surface area contributed by atoms with Crippen LogP contribution in [0.5, 0.6) is 0 Å². The molecule has 0 aliphatic heterocycles. The van der Waals surface area contributed by atoms with Gasteiger partial charge in [-0.25, -0.2) is 19.2 Å². The number of alkyl halides is 3. The first-order valence-corrected chi connectivity index (χ1v) is 12.7. The minimum Gasteiger partial charge on any atom is -0.368 e. The molecule has 1 heterocycles. The highest BCUT2D eigenvalue weighted by molar-refractivity contribution is 5.92. The number of rotatable bonds is 11. The van der Waals surface area contributed by atoms with Gasteiger partial charge in [-0.1, -0.05) is 26.0 Å². The average molecular weight is 564 g/mol. The number of para-hydroxylation sites is 1. The quantitative estimate of drug-likeness (QED) is 0.292. The van der Waals surface area contributed by atoms with E-state index in [-0.39, 0.29) is 24.7 Å². The first-order valence-electron chi connectivity index (χ1n) is 12.7. The first kappa shape index (κ1) is 30.5. The molecule has 0 saturated heterocycles. The second-order valence-corrected chi connectivity index (χ2v) is 9.71. The number of carbonyl (C=O) groups excluding carboxylic acids is 2. The Bertz CT molecular complexity index is 1350. The van der Waals surface area contributed by atoms with E-state index in [1.54, 1.807) is 6.92 Å². The third-order valence-corrected chi connectivity index (χ3v) is 6.27. The number of nitrogens with zero attached hydrogens (tertiary/aromatic N) is 4. The van der Waals surface area contributed by atoms with Crippen LogP contribution in [0.15, 0.2) is 42.5 Å². The van der Waals surface area contributed by atoms with Crippen LogP contribution in [-0.4, -0.2) is 64.4 Å². The highest BCUT2D eigenvalue weighted by atomic mass is 19.4. The topological polar surface area (TPSA) is 116 Å². The highest BCUT2D eigenvalue weighted by Crippen LogP contribution is 2.33. The van der Waals surface area contributed by atoms with Gasteiger partial charge in [0.1, 0.15) is 23.5 Å². The van der Waals surface area contributed by atoms with Crippen molar-refractivity contribution in [2.24, 2.45) is 11.7 Å². The van der Waals surface area contributed by atoms with Crippen LogP contribution in [0.1, 0.15) is 32.2 Å². The molecule has 216 valence electrons. The molecule has 4 N–H and O–H groups in total. The van der Waals surface area contributed by atoms with E-state index in [0.717, 1.165) is 11.5 Å². The van der Waals surface area contributed by atoms with Gasteiger partial charge in [0.05, 0.1) is 17.6 Å². The predicted octanol–water partition coefficient (Wildman–Crippen LogP) is 4.70. The van der Waals surface area contributed by atoms with Gasteiger partial charge in [-0.2, -0.15) is 13.2 Å². The first-order chi connectivity index (χ1) is 18.8. The normalized spacial score (nSPS) is 12.6. The fraction of sp³-hybridized carbons (Fsp3) is 0.407. The van der Waals surface area contributed by atoms with Gasteiger partial charge in [0.2, 0.25) is 5.91 Å². The van der Waals surface area contributed by atoms with E-state index in [1.165, 1.54) is 4.90 Å². The molecule has 0 fully saturated rings. The summed E-state index contributed by atoms with van der Waals surface area (Å²) in [4.78, 5) is 37.2. The van der Waals surface area contributed by atoms with E-state index >= 15 is 0 Å². The lowest BCUT2D eigenvalue weighted by Gasteiger charge is -2.25. The number of nitrogens with one attached hydrogen (secondary N) is 2. The van der Waals surface area contributed by atoms with Crippen LogP contribution in [0, 0.1) is 11.7 Å². The number of likely N-dealkylation sites (N-methyl/N-ethyl adjacent to an activating group) is 2. The molecule has 1 atom stereocenters. The second-order valence-electron chi connectivity index (χ2n) is 9.71. The zero-order valence-electron chi connectivity index (χ0n) is 22.7. The number of halogens is 4. The van der Waals surface area contributed by atoms with E-state index in [4.69, 9.17) is 5.73 Å². The molecule has 0 unspecified atom stereocenters. The Morgan fingerprint density at radius 3 is 2.40 bits per heavy atom. The summed E-state index contributed by atoms with van der Waals surface area (Å²) in [5.41, 5.74) is 4.65. The molecule has 3 rings (SSSR count). The molecule has 3 aromatic rings. The number of nitrogens with two attached hydrogens (primary N) is 1. The number of fused-ring (bicyclic) bond motifs is 1. The number of carbonyl (C=O) groups is 2. The van der Waals surface area contributed by atoms with Crippen molar-refractivity contribution >= 4 is 34.3 Å². The Kier molecular flexibility index (Phi) is 9.85. The maximum absolute atomic E-state index is 13.6. The molecular formula is C27H33F4N7O2. The minimum atomic E-state index is -4.88. The number of aromatic nitrogens is 2. The fourth-order valence-corrected chi connectivity index (χ4v) is 4.06. The molecule has 0 aliphatic carbocycles. The number of urea groups is 1. The van der Waals surface area contributed by atoms with Crippen LogP contribution in [0.3, 0.4) is 0 Å². The molecule has 0 radical (unpaired) electrons. The van der Waals surface area contributed by atoms with Gasteiger partial charge in [-0.15, -0.1) is 0 Å². The van der Waals surface area contributed by atoms with Gasteiger partial charge in [0.15, 0.2) is 0 Å². The molecule has 2 aromatic carbocycles. The molecule has 0 saturated carbocycles. The van der Waals surface area contributed by atoms with Gasteiger partial charge in [0.25, 0.3) is 0 Å². The van der Waals surface area contributed by atoms with Crippen LogP contribution in [0.2, 0.25) is 0 Å². The Morgan fingerprint density at radius 2 is 1.77 bits per heavy atom. The Hall–Kier alpha value is -4.00. The molecule has 0 aliphatic rings. The number of anilines is 2. The largest absolute Gasteiger partial charge is 0.419 e. The van der Waals surface area contributed by atoms with Crippen LogP contribution in [0.25, 0.3) is 10.9 Å². The smallest absolute Gasteiger partial charge is 0.368 e. The number of hydrogen-bond donors (Lipinski definition) is 3. The lowest BCUT2D eigenvalue weighted by Crippen LogP contribution is -2.40. The van der Waals surface area contributed by atoms with Crippen molar-refractivity contribution in [1.82, 2.24) is 19.8 Å². The zero-order chi connectivity index (χ0) is 29.6. The van der Waals surface area contributed by atoms with Crippen molar-refractivity contribution in [1.29, 1.82) is 0 Å². The number of amides is 3. The van der Waals surface area contributed by atoms with Crippen LogP contribution < -0.4 is 16.4 Å². The van der Waals surface area contributed by atoms with Crippen LogP contribution in [0.4, 0.5) is 33.9 Å². The summed E-state index contributed by atoms with van der Waals surface area (Å²) in [7, 11) is 1.81. The van der Waals surface area contributed by atoms with Gasteiger partial charge in [-0.3, -0.25) is 9.69 Å². The maximum Gasteiger partial charge on any atom is 0.419 e. The lowest BCUT2D eigenvalue weighted by molar-refractivity contribution is -0.140. The standard InChI is InChI=1S/C27H33F4N7O2/c1-5-38(26(40)33-17-10-11-20(28)19(14-17)27(29,30)31)13-12-37(4)15-22-34-21-9-7-6-8-18(21)25(35-22)36-23(16(2)3)24(32)39/h6-11,14,16,23H,5,12-13,15H2,1-4H3,(H2,32,39)(H,33,40)(H,34,35,36)/t23-/m0/s1. The van der Waals surface area contributed by atoms with E-state index in [1.807, 2.05) is 50.1 Å². The Labute approximate surface area is 229 Å². The summed E-state index contributed by atoms with van der Waals surface area (Å²) in [5.74, 6) is -1.01. The summed E-state index contributed by atoms with van der Waals surface area (Å²) in [6, 6.07) is 8.44. The van der Waals surface area contributed by atoms with Gasteiger partial charge in [0, 0.05) is 30.7 Å². The summed E-state index contributed by atoms with van der Waals surface area (Å²) < 4.78 is 52.6. The monoisotopic (exact) mass is 563 g/mol. The Morgan fingerprint density at radius 1 is 1.07 bits per heavy atom. The van der Waals surface area contributed by atoms with E-state index in [2.05, 4.69) is 20.6 Å². The fourth-order valence-electron chi connectivity index (χ4n) is 4.06. The third kappa shape index (κ3) is 7.78. The lowest BCUT2D eigenvalue weighted by atomic mass is 10.0. The maximum atomic E-state index is 13.6. The minimum absolute atomic E-state index is 0.0708. The molecule has 0 spiro atoms. The summed E-state index contributed by atoms with van der Waals surface area (Å²) in [5, 5.41) is 6.29. The number of benzene rings is 2. The van der Waals surface area contributed by atoms with Gasteiger partial charge >= 0.3 is 12.2 Å². The summed E-state index contributed by atoms with van der Waals surface area (Å²) >= 11 is 0. The van der Waals surface area contributed by atoms with E-state index < -0.39 is 35.5 Å². The molecule has 13 heteroatoms. The zero-order valence-corrected chi connectivity index (χ0v) is 22.7. The summed E-state index contributed by atoms with van der Waals surface area (Å²) in [6.45, 7) is 6.74. The number of hydrogen-bond acceptors (Lipinski definition) is 6. The summed E-state index contributed by atoms with van der Waals surface area (Å²) in [6.07, 6.45) is -4.88. The van der Waals surface area contributed by atoms with Crippen LogP contribution >= 0.6 is 0 Å². The molecule has 0 bridgehead atoms. The molecular weight excluding hydrogens is 530 g/mol. The van der Waals surface area contributed by atoms with E-state index in [9.17, 15) is 27.2 Å². The molecule has 3 amide bonds. The van der Waals surface area contributed by atoms with Crippen molar-refractivity contribution in [2.75, 3.05) is 37.3 Å². The third-order valence-electron chi connectivity index (χ3n) is 6.27. The SMILES string of the molecule is CCN(CCN(C)Cc1nc(N[C@H](C(N)=O)C(C)C)c2ccccc2n1)C(=O)Nc1ccc(F)c(C(F)(F)F)c1. The van der Waals surface area contributed by atoms with Gasteiger partial charge < -0.3 is 21.3 Å². The second kappa shape index (κ2) is 12.9. The predicted molar refractivity (Wildman–Crippen MR) is 145 cm³/mol. The average Bonchev–Trinajstić information content (AvgIpc) is 2.87.